The van der Waals surface area contributed by atoms with E-state index in [9.17, 15) is 24.3 Å². The van der Waals surface area contributed by atoms with E-state index in [1.165, 1.54) is 12.0 Å². The van der Waals surface area contributed by atoms with Crippen molar-refractivity contribution in [3.8, 4) is 5.75 Å². The Balaban J connectivity index is 3.27. The maximum atomic E-state index is 13.3. The summed E-state index contributed by atoms with van der Waals surface area (Å²) in [6.07, 6.45) is 3.78. The zero-order chi connectivity index (χ0) is 27.3. The number of rotatable bonds is 13. The van der Waals surface area contributed by atoms with Crippen molar-refractivity contribution in [3.63, 3.8) is 0 Å². The Morgan fingerprint density at radius 1 is 1.03 bits per heavy atom. The van der Waals surface area contributed by atoms with E-state index < -0.39 is 48.6 Å². The molecule has 0 aliphatic heterocycles. The summed E-state index contributed by atoms with van der Waals surface area (Å²) in [5.74, 6) is -1.96. The van der Waals surface area contributed by atoms with Gasteiger partial charge in [0.2, 0.25) is 11.8 Å². The van der Waals surface area contributed by atoms with Crippen LogP contribution in [0.5, 0.6) is 5.75 Å². The predicted molar refractivity (Wildman–Crippen MR) is 135 cm³/mol. The number of phenolic OH excluding ortho intramolecular Hbond substituents is 1. The van der Waals surface area contributed by atoms with Gasteiger partial charge in [-0.3, -0.25) is 14.4 Å². The van der Waals surface area contributed by atoms with Crippen LogP contribution in [-0.2, 0) is 23.9 Å². The molecule has 202 valence electrons. The third-order valence-corrected chi connectivity index (χ3v) is 5.36. The van der Waals surface area contributed by atoms with Crippen molar-refractivity contribution in [2.75, 3.05) is 26.7 Å². The largest absolute Gasteiger partial charge is 0.507 e. The number of carbonyl (C=O) groups is 4. The van der Waals surface area contributed by atoms with Gasteiger partial charge in [0.05, 0.1) is 7.11 Å². The third kappa shape index (κ3) is 10.5. The number of ether oxygens (including phenoxy) is 2. The molecule has 0 aromatic heterocycles. The minimum atomic E-state index is -1.23. The molecule has 0 heterocycles. The molecule has 1 rings (SSSR count). The lowest BCUT2D eigenvalue weighted by atomic mass is 9.99. The van der Waals surface area contributed by atoms with E-state index in [1.807, 2.05) is 0 Å². The highest BCUT2D eigenvalue weighted by molar-refractivity contribution is 5.92. The van der Waals surface area contributed by atoms with Gasteiger partial charge < -0.3 is 30.1 Å². The summed E-state index contributed by atoms with van der Waals surface area (Å²) in [4.78, 5) is 51.7. The molecule has 10 heteroatoms. The Morgan fingerprint density at radius 3 is 2.31 bits per heavy atom. The molecule has 0 aliphatic rings. The molecule has 1 atom stereocenters. The minimum absolute atomic E-state index is 0.125. The van der Waals surface area contributed by atoms with Gasteiger partial charge in [0.1, 0.15) is 30.5 Å². The number of nitrogens with zero attached hydrogens (tertiary/aromatic N) is 1. The SMILES string of the molecule is CCCCCCCN(C(=O)CNC(=O)OC(C)(C)C)C(C(=O)NCC(=O)OC)c1cccc(C)c1O. The van der Waals surface area contributed by atoms with Gasteiger partial charge in [-0.25, -0.2) is 4.79 Å². The Labute approximate surface area is 213 Å². The number of benzene rings is 1. The fourth-order valence-electron chi connectivity index (χ4n) is 3.53. The fourth-order valence-corrected chi connectivity index (χ4v) is 3.53. The molecule has 1 unspecified atom stereocenters. The maximum Gasteiger partial charge on any atom is 0.408 e. The first kappa shape index (κ1) is 30.7. The van der Waals surface area contributed by atoms with Crippen molar-refractivity contribution in [1.82, 2.24) is 15.5 Å². The van der Waals surface area contributed by atoms with E-state index >= 15 is 0 Å². The summed E-state index contributed by atoms with van der Waals surface area (Å²) >= 11 is 0. The summed E-state index contributed by atoms with van der Waals surface area (Å²) in [7, 11) is 1.20. The number of carbonyl (C=O) groups excluding carboxylic acids is 4. The van der Waals surface area contributed by atoms with Gasteiger partial charge in [-0.2, -0.15) is 0 Å². The molecule has 1 aromatic carbocycles. The van der Waals surface area contributed by atoms with Gasteiger partial charge in [-0.1, -0.05) is 50.8 Å². The lowest BCUT2D eigenvalue weighted by Gasteiger charge is -2.32. The number of para-hydroxylation sites is 1. The van der Waals surface area contributed by atoms with Crippen LogP contribution >= 0.6 is 0 Å². The molecule has 1 aromatic rings. The van der Waals surface area contributed by atoms with Crippen molar-refractivity contribution in [3.05, 3.63) is 29.3 Å². The summed E-state index contributed by atoms with van der Waals surface area (Å²) in [5, 5.41) is 15.7. The first-order valence-electron chi connectivity index (χ1n) is 12.3. The van der Waals surface area contributed by atoms with Crippen LogP contribution in [0.15, 0.2) is 18.2 Å². The molecule has 10 nitrogen and oxygen atoms in total. The lowest BCUT2D eigenvalue weighted by molar-refractivity contribution is -0.143. The molecule has 3 N–H and O–H groups in total. The van der Waals surface area contributed by atoms with Crippen LogP contribution in [0.2, 0.25) is 0 Å². The molecule has 0 radical (unpaired) electrons. The number of methoxy groups -OCH3 is 1. The zero-order valence-electron chi connectivity index (χ0n) is 22.3. The van der Waals surface area contributed by atoms with Crippen molar-refractivity contribution in [2.45, 2.75) is 78.4 Å². The fraction of sp³-hybridized carbons (Fsp3) is 0.615. The standard InChI is InChI=1S/C26H41N3O7/c1-7-8-9-10-11-15-29(20(30)16-28-25(34)36-26(3,4)5)22(24(33)27-17-21(31)35-6)19-14-12-13-18(2)23(19)32/h12-14,22,32H,7-11,15-17H2,1-6H3,(H,27,33)(H,28,34). The van der Waals surface area contributed by atoms with Crippen LogP contribution < -0.4 is 10.6 Å². The number of nitrogens with one attached hydrogen (secondary N) is 2. The number of hydrogen-bond acceptors (Lipinski definition) is 7. The number of esters is 1. The smallest absolute Gasteiger partial charge is 0.408 e. The second-order valence-corrected chi connectivity index (χ2v) is 9.57. The highest BCUT2D eigenvalue weighted by Crippen LogP contribution is 2.32. The Bertz CT molecular complexity index is 896. The second kappa shape index (κ2) is 15.0. The first-order valence-corrected chi connectivity index (χ1v) is 12.3. The van der Waals surface area contributed by atoms with Crippen LogP contribution in [0.4, 0.5) is 4.79 Å². The molecule has 3 amide bonds. The number of hydrogen-bond donors (Lipinski definition) is 3. The summed E-state index contributed by atoms with van der Waals surface area (Å²) in [5.41, 5.74) is 0.00694. The monoisotopic (exact) mass is 507 g/mol. The van der Waals surface area contributed by atoms with Gasteiger partial charge in [0.25, 0.3) is 0 Å². The molecule has 0 fully saturated rings. The number of aryl methyl sites for hydroxylation is 1. The van der Waals surface area contributed by atoms with Gasteiger partial charge in [0, 0.05) is 12.1 Å². The first-order chi connectivity index (χ1) is 16.9. The molecular formula is C26H41N3O7. The van der Waals surface area contributed by atoms with Gasteiger partial charge in [-0.05, 0) is 39.7 Å². The van der Waals surface area contributed by atoms with E-state index in [0.717, 1.165) is 25.7 Å². The lowest BCUT2D eigenvalue weighted by Crippen LogP contribution is -2.48. The predicted octanol–water partition coefficient (Wildman–Crippen LogP) is 3.35. The molecule has 0 spiro atoms. The molecule has 0 bridgehead atoms. The number of alkyl carbamates (subject to hydrolysis) is 1. The Kier molecular flexibility index (Phi) is 12.8. The normalized spacial score (nSPS) is 11.8. The number of phenols is 1. The van der Waals surface area contributed by atoms with Gasteiger partial charge >= 0.3 is 12.1 Å². The maximum absolute atomic E-state index is 13.3. The van der Waals surface area contributed by atoms with Crippen LogP contribution in [0.25, 0.3) is 0 Å². The third-order valence-electron chi connectivity index (χ3n) is 5.36. The Hall–Kier alpha value is -3.30. The average molecular weight is 508 g/mol. The van der Waals surface area contributed by atoms with E-state index in [1.54, 1.807) is 45.9 Å². The van der Waals surface area contributed by atoms with Crippen molar-refractivity contribution < 1.29 is 33.8 Å². The van der Waals surface area contributed by atoms with Crippen LogP contribution in [-0.4, -0.2) is 66.2 Å². The van der Waals surface area contributed by atoms with E-state index in [0.29, 0.717) is 12.0 Å². The summed E-state index contributed by atoms with van der Waals surface area (Å²) < 4.78 is 9.81. The van der Waals surface area contributed by atoms with Crippen molar-refractivity contribution >= 4 is 23.9 Å². The second-order valence-electron chi connectivity index (χ2n) is 9.57. The molecule has 36 heavy (non-hydrogen) atoms. The zero-order valence-corrected chi connectivity index (χ0v) is 22.3. The van der Waals surface area contributed by atoms with E-state index in [4.69, 9.17) is 4.74 Å². The van der Waals surface area contributed by atoms with Crippen LogP contribution in [0.1, 0.15) is 77.0 Å². The summed E-state index contributed by atoms with van der Waals surface area (Å²) in [6.45, 7) is 8.31. The Morgan fingerprint density at radius 2 is 1.69 bits per heavy atom. The van der Waals surface area contributed by atoms with Gasteiger partial charge in [0.15, 0.2) is 0 Å². The number of aromatic hydroxyl groups is 1. The van der Waals surface area contributed by atoms with Crippen LogP contribution in [0, 0.1) is 6.92 Å². The molecule has 0 saturated heterocycles. The minimum Gasteiger partial charge on any atom is -0.507 e. The van der Waals surface area contributed by atoms with Crippen molar-refractivity contribution in [2.24, 2.45) is 0 Å². The van der Waals surface area contributed by atoms with Crippen LogP contribution in [0.3, 0.4) is 0 Å². The summed E-state index contributed by atoms with van der Waals surface area (Å²) in [6, 6.07) is 3.69. The van der Waals surface area contributed by atoms with Crippen molar-refractivity contribution in [1.29, 1.82) is 0 Å². The average Bonchev–Trinajstić information content (AvgIpc) is 2.81. The number of amides is 3. The van der Waals surface area contributed by atoms with E-state index in [-0.39, 0.29) is 17.9 Å². The molecular weight excluding hydrogens is 466 g/mol. The molecule has 0 aliphatic carbocycles. The highest BCUT2D eigenvalue weighted by atomic mass is 16.6. The van der Waals surface area contributed by atoms with E-state index in [2.05, 4.69) is 22.3 Å². The topological polar surface area (TPSA) is 134 Å². The van der Waals surface area contributed by atoms with Gasteiger partial charge in [-0.15, -0.1) is 0 Å². The number of unbranched alkanes of at least 4 members (excludes halogenated alkanes) is 4. The molecule has 0 saturated carbocycles. The quantitative estimate of drug-likeness (QED) is 0.275. The highest BCUT2D eigenvalue weighted by Gasteiger charge is 2.34.